The molecule has 1 aromatic heterocycles. The fourth-order valence-corrected chi connectivity index (χ4v) is 2.59. The molecule has 7 nitrogen and oxygen atoms in total. The quantitative estimate of drug-likeness (QED) is 0.800. The Labute approximate surface area is 129 Å². The first-order chi connectivity index (χ1) is 10.9. The number of amides is 1. The number of carbonyl (C=O) groups excluding carboxylic acids is 1. The number of rotatable bonds is 2. The van der Waals surface area contributed by atoms with Gasteiger partial charge in [0, 0.05) is 18.7 Å². The van der Waals surface area contributed by atoms with E-state index < -0.39 is 29.8 Å². The largest absolute Gasteiger partial charge is 0.412 e. The SMILES string of the molecule is O=C(c1cn([C@@H]2COC[C@H]2O)nn1)N1CC=C(C(F)(F)F)CC1. The van der Waals surface area contributed by atoms with Gasteiger partial charge in [-0.15, -0.1) is 5.10 Å². The summed E-state index contributed by atoms with van der Waals surface area (Å²) in [6, 6.07) is -0.415. The van der Waals surface area contributed by atoms with Gasteiger partial charge in [-0.2, -0.15) is 13.2 Å². The zero-order valence-electron chi connectivity index (χ0n) is 12.0. The molecular formula is C13H15F3N4O3. The molecule has 2 aliphatic rings. The van der Waals surface area contributed by atoms with Crippen molar-refractivity contribution in [3.8, 4) is 0 Å². The van der Waals surface area contributed by atoms with Crippen LogP contribution in [0.1, 0.15) is 23.0 Å². The molecule has 1 aromatic rings. The molecule has 126 valence electrons. The third-order valence-corrected chi connectivity index (χ3v) is 3.95. The molecule has 1 saturated heterocycles. The number of aliphatic hydroxyl groups is 1. The summed E-state index contributed by atoms with van der Waals surface area (Å²) in [4.78, 5) is 13.6. The Bertz CT molecular complexity index is 628. The molecule has 0 saturated carbocycles. The van der Waals surface area contributed by atoms with Crippen LogP contribution in [0.15, 0.2) is 17.8 Å². The molecular weight excluding hydrogens is 317 g/mol. The Kier molecular flexibility index (Phi) is 4.11. The second-order valence-electron chi connectivity index (χ2n) is 5.48. The standard InChI is InChI=1S/C13H15F3N4O3/c14-13(15,16)8-1-3-19(4-2-8)12(22)9-5-20(18-17-9)10-6-23-7-11(10)21/h1,5,10-11,21H,2-4,6-7H2/t10-,11-/m1/s1. The Balaban J connectivity index is 1.68. The minimum Gasteiger partial charge on any atom is -0.388 e. The number of nitrogens with zero attached hydrogens (tertiary/aromatic N) is 4. The molecule has 2 atom stereocenters. The number of carbonyl (C=O) groups is 1. The van der Waals surface area contributed by atoms with E-state index in [1.807, 2.05) is 0 Å². The number of halogens is 3. The lowest BCUT2D eigenvalue weighted by molar-refractivity contribution is -0.0957. The van der Waals surface area contributed by atoms with Gasteiger partial charge in [0.2, 0.25) is 0 Å². The van der Waals surface area contributed by atoms with Crippen molar-refractivity contribution in [1.82, 2.24) is 19.9 Å². The molecule has 1 fully saturated rings. The minimum absolute atomic E-state index is 0.0216. The Hall–Kier alpha value is -1.94. The average molecular weight is 332 g/mol. The number of aliphatic hydroxyl groups excluding tert-OH is 1. The van der Waals surface area contributed by atoms with E-state index in [-0.39, 0.29) is 38.4 Å². The van der Waals surface area contributed by atoms with Crippen molar-refractivity contribution in [3.05, 3.63) is 23.5 Å². The minimum atomic E-state index is -4.35. The van der Waals surface area contributed by atoms with Crippen LogP contribution < -0.4 is 0 Å². The molecule has 10 heteroatoms. The summed E-state index contributed by atoms with van der Waals surface area (Å²) >= 11 is 0. The molecule has 0 spiro atoms. The van der Waals surface area contributed by atoms with Crippen molar-refractivity contribution in [2.45, 2.75) is 24.7 Å². The Morgan fingerprint density at radius 1 is 1.39 bits per heavy atom. The monoisotopic (exact) mass is 332 g/mol. The van der Waals surface area contributed by atoms with Crippen molar-refractivity contribution < 1.29 is 27.8 Å². The van der Waals surface area contributed by atoms with Gasteiger partial charge >= 0.3 is 6.18 Å². The molecule has 2 aliphatic heterocycles. The lowest BCUT2D eigenvalue weighted by atomic mass is 10.1. The maximum Gasteiger partial charge on any atom is 0.412 e. The first kappa shape index (κ1) is 15.9. The maximum absolute atomic E-state index is 12.6. The van der Waals surface area contributed by atoms with E-state index in [1.54, 1.807) is 0 Å². The number of aromatic nitrogens is 3. The summed E-state index contributed by atoms with van der Waals surface area (Å²) in [5.41, 5.74) is -0.579. The van der Waals surface area contributed by atoms with E-state index in [9.17, 15) is 23.1 Å². The molecule has 0 bridgehead atoms. The second kappa shape index (κ2) is 5.93. The number of ether oxygens (including phenoxy) is 1. The summed E-state index contributed by atoms with van der Waals surface area (Å²) in [7, 11) is 0. The van der Waals surface area contributed by atoms with E-state index in [2.05, 4.69) is 10.3 Å². The van der Waals surface area contributed by atoms with Gasteiger partial charge < -0.3 is 14.7 Å². The second-order valence-corrected chi connectivity index (χ2v) is 5.48. The number of hydrogen-bond acceptors (Lipinski definition) is 5. The first-order valence-corrected chi connectivity index (χ1v) is 7.09. The zero-order valence-corrected chi connectivity index (χ0v) is 12.0. The van der Waals surface area contributed by atoms with Gasteiger partial charge in [-0.3, -0.25) is 4.79 Å². The van der Waals surface area contributed by atoms with Crippen LogP contribution in [-0.4, -0.2) is 69.5 Å². The lowest BCUT2D eigenvalue weighted by Gasteiger charge is -2.26. The fraction of sp³-hybridized carbons (Fsp3) is 0.615. The molecule has 3 rings (SSSR count). The van der Waals surface area contributed by atoms with Crippen LogP contribution in [0.2, 0.25) is 0 Å². The fourth-order valence-electron chi connectivity index (χ4n) is 2.59. The van der Waals surface area contributed by atoms with Crippen molar-refractivity contribution in [2.24, 2.45) is 0 Å². The van der Waals surface area contributed by atoms with E-state index in [1.165, 1.54) is 15.8 Å². The summed E-state index contributed by atoms with van der Waals surface area (Å²) < 4.78 is 44.2. The average Bonchev–Trinajstić information content (AvgIpc) is 3.14. The molecule has 0 unspecified atom stereocenters. The number of alkyl halides is 3. The highest BCUT2D eigenvalue weighted by atomic mass is 19.4. The maximum atomic E-state index is 12.6. The van der Waals surface area contributed by atoms with Crippen molar-refractivity contribution >= 4 is 5.91 Å². The number of hydrogen-bond donors (Lipinski definition) is 1. The van der Waals surface area contributed by atoms with Gasteiger partial charge in [0.15, 0.2) is 5.69 Å². The highest BCUT2D eigenvalue weighted by Crippen LogP contribution is 2.30. The third kappa shape index (κ3) is 3.22. The third-order valence-electron chi connectivity index (χ3n) is 3.95. The predicted octanol–water partition coefficient (Wildman–Crippen LogP) is 0.545. The summed E-state index contributed by atoms with van der Waals surface area (Å²) in [6.07, 6.45) is -2.92. The first-order valence-electron chi connectivity index (χ1n) is 7.09. The van der Waals surface area contributed by atoms with Gasteiger partial charge in [-0.1, -0.05) is 11.3 Å². The Morgan fingerprint density at radius 3 is 2.74 bits per heavy atom. The molecule has 0 aromatic carbocycles. The van der Waals surface area contributed by atoms with Gasteiger partial charge in [-0.05, 0) is 6.42 Å². The normalized spacial score (nSPS) is 25.6. The summed E-state index contributed by atoms with van der Waals surface area (Å²) in [6.45, 7) is 0.312. The highest BCUT2D eigenvalue weighted by molar-refractivity contribution is 5.92. The molecule has 0 aliphatic carbocycles. The van der Waals surface area contributed by atoms with Crippen molar-refractivity contribution in [1.29, 1.82) is 0 Å². The van der Waals surface area contributed by atoms with Gasteiger partial charge in [0.1, 0.15) is 12.1 Å². The van der Waals surface area contributed by atoms with Gasteiger partial charge in [0.05, 0.1) is 19.4 Å². The van der Waals surface area contributed by atoms with Crippen LogP contribution in [0.4, 0.5) is 13.2 Å². The summed E-state index contributed by atoms with van der Waals surface area (Å²) in [5, 5.41) is 17.3. The lowest BCUT2D eigenvalue weighted by Crippen LogP contribution is -2.37. The van der Waals surface area contributed by atoms with Crippen LogP contribution in [-0.2, 0) is 4.74 Å². The van der Waals surface area contributed by atoms with E-state index in [4.69, 9.17) is 4.74 Å². The molecule has 23 heavy (non-hydrogen) atoms. The summed E-state index contributed by atoms with van der Waals surface area (Å²) in [5.74, 6) is -0.484. The van der Waals surface area contributed by atoms with E-state index in [0.29, 0.717) is 0 Å². The van der Waals surface area contributed by atoms with E-state index in [0.717, 1.165) is 6.08 Å². The predicted molar refractivity (Wildman–Crippen MR) is 70.5 cm³/mol. The molecule has 1 amide bonds. The van der Waals surface area contributed by atoms with Crippen LogP contribution >= 0.6 is 0 Å². The van der Waals surface area contributed by atoms with Crippen LogP contribution in [0.25, 0.3) is 0 Å². The molecule has 1 N–H and O–H groups in total. The van der Waals surface area contributed by atoms with Crippen molar-refractivity contribution in [2.75, 3.05) is 26.3 Å². The Morgan fingerprint density at radius 2 is 2.17 bits per heavy atom. The van der Waals surface area contributed by atoms with Gasteiger partial charge in [0.25, 0.3) is 5.91 Å². The highest BCUT2D eigenvalue weighted by Gasteiger charge is 2.36. The van der Waals surface area contributed by atoms with Crippen molar-refractivity contribution in [3.63, 3.8) is 0 Å². The van der Waals surface area contributed by atoms with Crippen LogP contribution in [0, 0.1) is 0 Å². The zero-order chi connectivity index (χ0) is 16.6. The van der Waals surface area contributed by atoms with Gasteiger partial charge in [-0.25, -0.2) is 4.68 Å². The van der Waals surface area contributed by atoms with Crippen LogP contribution in [0.3, 0.4) is 0 Å². The topological polar surface area (TPSA) is 80.5 Å². The molecule has 3 heterocycles. The van der Waals surface area contributed by atoms with Crippen LogP contribution in [0.5, 0.6) is 0 Å². The smallest absolute Gasteiger partial charge is 0.388 e. The van der Waals surface area contributed by atoms with E-state index >= 15 is 0 Å². The molecule has 0 radical (unpaired) electrons.